The number of rotatable bonds is 7. The number of carbonyl (C=O) groups is 2. The van der Waals surface area contributed by atoms with Crippen LogP contribution in [-0.2, 0) is 14.3 Å². The smallest absolute Gasteiger partial charge is 0.344 e. The van der Waals surface area contributed by atoms with Gasteiger partial charge in [-0.3, -0.25) is 4.79 Å². The summed E-state index contributed by atoms with van der Waals surface area (Å²) in [6, 6.07) is 14.9. The second-order valence-corrected chi connectivity index (χ2v) is 5.17. The number of nitrogens with zero attached hydrogens (tertiary/aromatic N) is 1. The van der Waals surface area contributed by atoms with E-state index >= 15 is 0 Å². The number of benzene rings is 2. The molecule has 0 spiro atoms. The molecule has 0 saturated heterocycles. The first-order valence-electron chi connectivity index (χ1n) is 7.26. The maximum absolute atomic E-state index is 11.7. The Kier molecular flexibility index (Phi) is 5.63. The van der Waals surface area contributed by atoms with Gasteiger partial charge in [0.05, 0.1) is 6.07 Å². The minimum absolute atomic E-state index is 0.0778. The highest BCUT2D eigenvalue weighted by molar-refractivity contribution is 6.06. The number of nitrogens with one attached hydrogen (secondary N) is 1. The molecule has 6 heteroatoms. The van der Waals surface area contributed by atoms with E-state index in [4.69, 9.17) is 20.1 Å². The number of ether oxygens (including phenoxy) is 2. The van der Waals surface area contributed by atoms with E-state index < -0.39 is 24.3 Å². The van der Waals surface area contributed by atoms with Crippen LogP contribution in [0.2, 0.25) is 0 Å². The normalized spacial score (nSPS) is 11.3. The topological polar surface area (TPSA) is 100 Å². The zero-order chi connectivity index (χ0) is 17.5. The van der Waals surface area contributed by atoms with Gasteiger partial charge >= 0.3 is 5.97 Å². The minimum Gasteiger partial charge on any atom is -0.482 e. The lowest BCUT2D eigenvalue weighted by Gasteiger charge is -2.09. The van der Waals surface area contributed by atoms with E-state index in [9.17, 15) is 9.59 Å². The molecule has 1 atom stereocenters. The number of nitriles is 1. The summed E-state index contributed by atoms with van der Waals surface area (Å²) in [4.78, 5) is 23.3. The van der Waals surface area contributed by atoms with Crippen molar-refractivity contribution in [3.63, 3.8) is 0 Å². The van der Waals surface area contributed by atoms with Crippen LogP contribution in [0.3, 0.4) is 0 Å². The Labute approximate surface area is 139 Å². The van der Waals surface area contributed by atoms with Gasteiger partial charge in [-0.05, 0) is 29.8 Å². The summed E-state index contributed by atoms with van der Waals surface area (Å²) in [5, 5.41) is 18.2. The third kappa shape index (κ3) is 4.40. The van der Waals surface area contributed by atoms with Crippen molar-refractivity contribution < 1.29 is 19.1 Å². The highest BCUT2D eigenvalue weighted by Crippen LogP contribution is 2.20. The van der Waals surface area contributed by atoms with Crippen LogP contribution >= 0.6 is 0 Å². The summed E-state index contributed by atoms with van der Waals surface area (Å²) in [6.45, 7) is 0.469. The van der Waals surface area contributed by atoms with Crippen LogP contribution < -0.4 is 4.74 Å². The number of ketones is 1. The van der Waals surface area contributed by atoms with Gasteiger partial charge in [-0.25, -0.2) is 4.79 Å². The molecular formula is C18H16N2O4. The molecular weight excluding hydrogens is 308 g/mol. The van der Waals surface area contributed by atoms with Gasteiger partial charge in [0, 0.05) is 5.71 Å². The van der Waals surface area contributed by atoms with Crippen LogP contribution in [0.4, 0.5) is 0 Å². The quantitative estimate of drug-likeness (QED) is 0.623. The lowest BCUT2D eigenvalue weighted by molar-refractivity contribution is -0.150. The summed E-state index contributed by atoms with van der Waals surface area (Å²) < 4.78 is 10.1. The molecule has 0 fully saturated rings. The summed E-state index contributed by atoms with van der Waals surface area (Å²) in [5.41, 5.74) is -0.0778. The molecule has 1 unspecified atom stereocenters. The monoisotopic (exact) mass is 324 g/mol. The van der Waals surface area contributed by atoms with Crippen molar-refractivity contribution >= 4 is 28.2 Å². The molecule has 0 aromatic heterocycles. The predicted molar refractivity (Wildman–Crippen MR) is 87.9 cm³/mol. The van der Waals surface area contributed by atoms with E-state index in [1.807, 2.05) is 30.3 Å². The Morgan fingerprint density at radius 2 is 1.88 bits per heavy atom. The zero-order valence-electron chi connectivity index (χ0n) is 13.1. The average molecular weight is 324 g/mol. The van der Waals surface area contributed by atoms with E-state index in [0.717, 1.165) is 10.8 Å². The fourth-order valence-electron chi connectivity index (χ4n) is 2.09. The molecule has 0 aliphatic rings. The third-order valence-electron chi connectivity index (χ3n) is 3.34. The highest BCUT2D eigenvalue weighted by atomic mass is 16.6. The van der Waals surface area contributed by atoms with E-state index in [1.54, 1.807) is 18.2 Å². The number of fused-ring (bicyclic) bond motifs is 1. The average Bonchev–Trinajstić information content (AvgIpc) is 2.58. The first-order valence-corrected chi connectivity index (χ1v) is 7.26. The molecule has 0 bridgehead atoms. The molecule has 0 heterocycles. The molecule has 2 aromatic carbocycles. The highest BCUT2D eigenvalue weighted by Gasteiger charge is 2.21. The van der Waals surface area contributed by atoms with Crippen molar-refractivity contribution in [3.8, 4) is 11.8 Å². The molecule has 24 heavy (non-hydrogen) atoms. The Morgan fingerprint density at radius 3 is 2.54 bits per heavy atom. The number of esters is 1. The molecule has 122 valence electrons. The summed E-state index contributed by atoms with van der Waals surface area (Å²) in [6.07, 6.45) is 0. The van der Waals surface area contributed by atoms with Gasteiger partial charge in [-0.1, -0.05) is 30.3 Å². The minimum atomic E-state index is -1.18. The van der Waals surface area contributed by atoms with Crippen molar-refractivity contribution in [3.05, 3.63) is 42.5 Å². The lowest BCUT2D eigenvalue weighted by Crippen LogP contribution is -2.27. The number of carbonyl (C=O) groups excluding carboxylic acids is 2. The van der Waals surface area contributed by atoms with Gasteiger partial charge in [0.25, 0.3) is 0 Å². The van der Waals surface area contributed by atoms with Crippen molar-refractivity contribution in [1.82, 2.24) is 0 Å². The SMILES string of the molecule is CC(=N)C(C#N)C(=O)COC(=O)COc1ccc2ccccc2c1. The summed E-state index contributed by atoms with van der Waals surface area (Å²) in [7, 11) is 0. The largest absolute Gasteiger partial charge is 0.482 e. The Morgan fingerprint density at radius 1 is 1.17 bits per heavy atom. The van der Waals surface area contributed by atoms with Gasteiger partial charge in [-0.15, -0.1) is 0 Å². The molecule has 2 rings (SSSR count). The maximum atomic E-state index is 11.7. The van der Waals surface area contributed by atoms with E-state index in [2.05, 4.69) is 0 Å². The van der Waals surface area contributed by atoms with Crippen molar-refractivity contribution in [2.75, 3.05) is 13.2 Å². The Bertz CT molecular complexity index is 823. The second kappa shape index (κ2) is 7.88. The molecule has 6 nitrogen and oxygen atoms in total. The zero-order valence-corrected chi connectivity index (χ0v) is 13.1. The van der Waals surface area contributed by atoms with Crippen LogP contribution in [0.15, 0.2) is 42.5 Å². The van der Waals surface area contributed by atoms with E-state index in [-0.39, 0.29) is 12.3 Å². The fourth-order valence-corrected chi connectivity index (χ4v) is 2.09. The molecule has 0 aliphatic heterocycles. The fraction of sp³-hybridized carbons (Fsp3) is 0.222. The third-order valence-corrected chi connectivity index (χ3v) is 3.34. The van der Waals surface area contributed by atoms with Gasteiger partial charge in [-0.2, -0.15) is 5.26 Å². The van der Waals surface area contributed by atoms with Crippen LogP contribution in [0.1, 0.15) is 6.92 Å². The molecule has 0 aliphatic carbocycles. The number of hydrogen-bond donors (Lipinski definition) is 1. The Balaban J connectivity index is 1.85. The van der Waals surface area contributed by atoms with E-state index in [0.29, 0.717) is 5.75 Å². The Hall–Kier alpha value is -3.20. The number of Topliss-reactive ketones (excluding diaryl/α,β-unsaturated/α-hetero) is 1. The first-order chi connectivity index (χ1) is 11.5. The van der Waals surface area contributed by atoms with Crippen molar-refractivity contribution in [1.29, 1.82) is 10.7 Å². The molecule has 0 radical (unpaired) electrons. The van der Waals surface area contributed by atoms with Gasteiger partial charge < -0.3 is 14.9 Å². The van der Waals surface area contributed by atoms with Crippen molar-refractivity contribution in [2.24, 2.45) is 5.92 Å². The van der Waals surface area contributed by atoms with E-state index in [1.165, 1.54) is 6.92 Å². The van der Waals surface area contributed by atoms with Gasteiger partial charge in [0.15, 0.2) is 19.0 Å². The molecule has 0 saturated carbocycles. The summed E-state index contributed by atoms with van der Waals surface area (Å²) in [5.74, 6) is -2.00. The summed E-state index contributed by atoms with van der Waals surface area (Å²) >= 11 is 0. The van der Waals surface area contributed by atoms with Crippen LogP contribution in [0.5, 0.6) is 5.75 Å². The van der Waals surface area contributed by atoms with Crippen LogP contribution in [0.25, 0.3) is 10.8 Å². The molecule has 2 aromatic rings. The lowest BCUT2D eigenvalue weighted by atomic mass is 10.0. The standard InChI is InChI=1S/C18H16N2O4/c1-12(20)16(9-19)17(21)10-24-18(22)11-23-15-7-6-13-4-2-3-5-14(13)8-15/h2-8,16,20H,10-11H2,1H3. The van der Waals surface area contributed by atoms with Crippen LogP contribution in [-0.4, -0.2) is 30.7 Å². The molecule has 0 amide bonds. The van der Waals surface area contributed by atoms with Gasteiger partial charge in [0.1, 0.15) is 11.7 Å². The van der Waals surface area contributed by atoms with Crippen molar-refractivity contribution in [2.45, 2.75) is 6.92 Å². The number of hydrogen-bond acceptors (Lipinski definition) is 6. The molecule has 1 N–H and O–H groups in total. The first kappa shape index (κ1) is 17.2. The predicted octanol–water partition coefficient (Wildman–Crippen LogP) is 2.51. The maximum Gasteiger partial charge on any atom is 0.344 e. The second-order valence-electron chi connectivity index (χ2n) is 5.17. The van der Waals surface area contributed by atoms with Crippen LogP contribution in [0, 0.1) is 22.7 Å². The van der Waals surface area contributed by atoms with Gasteiger partial charge in [0.2, 0.25) is 0 Å².